The van der Waals surface area contributed by atoms with E-state index in [0.717, 1.165) is 35.7 Å². The summed E-state index contributed by atoms with van der Waals surface area (Å²) in [5.74, 6) is 1.53. The summed E-state index contributed by atoms with van der Waals surface area (Å²) >= 11 is 8.01. The first-order valence-electron chi connectivity index (χ1n) is 8.14. The molecule has 0 aliphatic rings. The van der Waals surface area contributed by atoms with Crippen LogP contribution in [0, 0.1) is 0 Å². The minimum atomic E-state index is 0.415. The van der Waals surface area contributed by atoms with Crippen LogP contribution in [0.4, 0.5) is 0 Å². The quantitative estimate of drug-likeness (QED) is 0.639. The van der Waals surface area contributed by atoms with E-state index in [2.05, 4.69) is 28.9 Å². The van der Waals surface area contributed by atoms with Gasteiger partial charge in [-0.25, -0.2) is 0 Å². The molecular weight excluding hydrogens is 354 g/mol. The van der Waals surface area contributed by atoms with E-state index in [9.17, 15) is 0 Å². The maximum absolute atomic E-state index is 6.23. The number of para-hydroxylation sites is 1. The van der Waals surface area contributed by atoms with Crippen molar-refractivity contribution in [1.29, 1.82) is 0 Å². The van der Waals surface area contributed by atoms with Crippen molar-refractivity contribution < 1.29 is 14.8 Å². The highest BCUT2D eigenvalue weighted by Crippen LogP contribution is 2.32. The van der Waals surface area contributed by atoms with E-state index in [1.54, 1.807) is 18.4 Å². The van der Waals surface area contributed by atoms with Gasteiger partial charge in [0.2, 0.25) is 0 Å². The van der Waals surface area contributed by atoms with Crippen LogP contribution in [0.5, 0.6) is 11.5 Å². The molecule has 0 saturated carbocycles. The summed E-state index contributed by atoms with van der Waals surface area (Å²) in [4.78, 5) is 1.36. The number of hydrogen-bond donors (Lipinski definition) is 1. The van der Waals surface area contributed by atoms with E-state index in [0.29, 0.717) is 11.6 Å². The average molecular weight is 375 g/mol. The molecule has 3 aromatic rings. The van der Waals surface area contributed by atoms with Gasteiger partial charge in [-0.1, -0.05) is 41.9 Å². The molecule has 2 N–H and O–H groups in total. The molecule has 0 aliphatic heterocycles. The number of rotatable bonds is 8. The maximum atomic E-state index is 6.23. The van der Waals surface area contributed by atoms with Gasteiger partial charge in [0.15, 0.2) is 11.5 Å². The topological polar surface area (TPSA) is 35.1 Å². The van der Waals surface area contributed by atoms with Crippen molar-refractivity contribution in [3.8, 4) is 11.5 Å². The molecule has 0 bridgehead atoms. The number of halogens is 1. The van der Waals surface area contributed by atoms with E-state index in [4.69, 9.17) is 21.1 Å². The lowest BCUT2D eigenvalue weighted by atomic mass is 10.1. The van der Waals surface area contributed by atoms with E-state index in [1.807, 2.05) is 36.4 Å². The molecule has 130 valence electrons. The largest absolute Gasteiger partial charge is 0.493 e. The first kappa shape index (κ1) is 17.8. The predicted molar refractivity (Wildman–Crippen MR) is 102 cm³/mol. The minimum absolute atomic E-state index is 0.415. The standard InChI is InChI=1S/C20H20ClNO2S/c1-23-19-10-4-7-15(12-22-13-17-8-5-11-25-17)20(19)24-14-16-6-2-3-9-18(16)21/h2-11,22H,12-14H2,1H3/p+1. The van der Waals surface area contributed by atoms with Crippen molar-refractivity contribution >= 4 is 22.9 Å². The zero-order valence-electron chi connectivity index (χ0n) is 14.1. The Kier molecular flexibility index (Phi) is 6.34. The monoisotopic (exact) mass is 374 g/mol. The molecule has 0 fully saturated rings. The molecule has 0 aliphatic carbocycles. The van der Waals surface area contributed by atoms with Crippen molar-refractivity contribution in [3.63, 3.8) is 0 Å². The summed E-state index contributed by atoms with van der Waals surface area (Å²) in [5.41, 5.74) is 2.08. The molecule has 1 heterocycles. The highest BCUT2D eigenvalue weighted by Gasteiger charge is 2.13. The van der Waals surface area contributed by atoms with E-state index >= 15 is 0 Å². The number of benzene rings is 2. The predicted octanol–water partition coefficient (Wildman–Crippen LogP) is 4.25. The van der Waals surface area contributed by atoms with Gasteiger partial charge in [0.1, 0.15) is 19.7 Å². The first-order valence-corrected chi connectivity index (χ1v) is 9.40. The molecule has 1 aromatic heterocycles. The Hall–Kier alpha value is -2.01. The van der Waals surface area contributed by atoms with Crippen LogP contribution < -0.4 is 14.8 Å². The number of hydrogen-bond acceptors (Lipinski definition) is 3. The lowest BCUT2D eigenvalue weighted by molar-refractivity contribution is -0.685. The number of methoxy groups -OCH3 is 1. The summed E-state index contributed by atoms with van der Waals surface area (Å²) < 4.78 is 11.6. The van der Waals surface area contributed by atoms with Crippen LogP contribution in [-0.2, 0) is 19.7 Å². The molecular formula is C20H21ClNO2S+. The molecule has 0 saturated heterocycles. The van der Waals surface area contributed by atoms with Crippen molar-refractivity contribution in [2.45, 2.75) is 19.7 Å². The summed E-state index contributed by atoms with van der Waals surface area (Å²) in [5, 5.41) is 5.08. The van der Waals surface area contributed by atoms with E-state index in [1.165, 1.54) is 4.88 Å². The normalized spacial score (nSPS) is 10.6. The zero-order valence-corrected chi connectivity index (χ0v) is 15.6. The zero-order chi connectivity index (χ0) is 17.5. The van der Waals surface area contributed by atoms with Crippen molar-refractivity contribution in [2.24, 2.45) is 0 Å². The Bertz CT molecular complexity index is 805. The first-order chi connectivity index (χ1) is 12.3. The van der Waals surface area contributed by atoms with Crippen LogP contribution in [0.1, 0.15) is 16.0 Å². The second-order valence-electron chi connectivity index (χ2n) is 5.60. The summed E-state index contributed by atoms with van der Waals surface area (Å²) in [6, 6.07) is 18.0. The highest BCUT2D eigenvalue weighted by atomic mass is 35.5. The Morgan fingerprint density at radius 1 is 0.960 bits per heavy atom. The van der Waals surface area contributed by atoms with Crippen LogP contribution in [0.2, 0.25) is 5.02 Å². The van der Waals surface area contributed by atoms with Gasteiger partial charge in [-0.3, -0.25) is 0 Å². The van der Waals surface area contributed by atoms with Crippen LogP contribution >= 0.6 is 22.9 Å². The van der Waals surface area contributed by atoms with Crippen LogP contribution in [0.3, 0.4) is 0 Å². The van der Waals surface area contributed by atoms with Gasteiger partial charge in [-0.2, -0.15) is 0 Å². The number of ether oxygens (including phenoxy) is 2. The average Bonchev–Trinajstić information content (AvgIpc) is 3.15. The van der Waals surface area contributed by atoms with Gasteiger partial charge in [0.05, 0.1) is 17.6 Å². The number of thiophene rings is 1. The van der Waals surface area contributed by atoms with Crippen LogP contribution in [0.25, 0.3) is 0 Å². The fourth-order valence-corrected chi connectivity index (χ4v) is 3.50. The van der Waals surface area contributed by atoms with Gasteiger partial charge in [0, 0.05) is 10.6 Å². The highest BCUT2D eigenvalue weighted by molar-refractivity contribution is 7.09. The molecule has 5 heteroatoms. The molecule has 0 unspecified atom stereocenters. The van der Waals surface area contributed by atoms with Gasteiger partial charge >= 0.3 is 0 Å². The summed E-state index contributed by atoms with van der Waals surface area (Å²) in [6.07, 6.45) is 0. The summed E-state index contributed by atoms with van der Waals surface area (Å²) in [7, 11) is 1.66. The third-order valence-electron chi connectivity index (χ3n) is 3.90. The Labute approximate surface area is 157 Å². The van der Waals surface area contributed by atoms with Gasteiger partial charge < -0.3 is 14.8 Å². The molecule has 3 nitrogen and oxygen atoms in total. The van der Waals surface area contributed by atoms with Crippen molar-refractivity contribution in [3.05, 3.63) is 81.0 Å². The molecule has 0 radical (unpaired) electrons. The van der Waals surface area contributed by atoms with E-state index < -0.39 is 0 Å². The molecule has 25 heavy (non-hydrogen) atoms. The minimum Gasteiger partial charge on any atom is -0.493 e. The van der Waals surface area contributed by atoms with Gasteiger partial charge in [-0.05, 0) is 29.6 Å². The lowest BCUT2D eigenvalue weighted by Gasteiger charge is -2.15. The molecule has 0 atom stereocenters. The Morgan fingerprint density at radius 3 is 2.56 bits per heavy atom. The lowest BCUT2D eigenvalue weighted by Crippen LogP contribution is -2.80. The summed E-state index contributed by atoms with van der Waals surface area (Å²) in [6.45, 7) is 2.20. The Morgan fingerprint density at radius 2 is 1.80 bits per heavy atom. The molecule has 0 spiro atoms. The second-order valence-corrected chi connectivity index (χ2v) is 7.04. The van der Waals surface area contributed by atoms with Gasteiger partial charge in [0.25, 0.3) is 0 Å². The van der Waals surface area contributed by atoms with Gasteiger partial charge in [-0.15, -0.1) is 11.3 Å². The molecule has 3 rings (SSSR count). The van der Waals surface area contributed by atoms with Crippen molar-refractivity contribution in [1.82, 2.24) is 0 Å². The number of quaternary nitrogens is 1. The number of nitrogens with two attached hydrogens (primary N) is 1. The second kappa shape index (κ2) is 8.90. The third-order valence-corrected chi connectivity index (χ3v) is 5.17. The van der Waals surface area contributed by atoms with E-state index in [-0.39, 0.29) is 0 Å². The van der Waals surface area contributed by atoms with Crippen LogP contribution in [0.15, 0.2) is 60.0 Å². The molecule has 2 aromatic carbocycles. The van der Waals surface area contributed by atoms with Crippen molar-refractivity contribution in [2.75, 3.05) is 7.11 Å². The maximum Gasteiger partial charge on any atom is 0.170 e. The fraction of sp³-hybridized carbons (Fsp3) is 0.200. The SMILES string of the molecule is COc1cccc(C[NH2+]Cc2cccs2)c1OCc1ccccc1Cl. The third kappa shape index (κ3) is 4.75. The smallest absolute Gasteiger partial charge is 0.170 e. The van der Waals surface area contributed by atoms with Crippen LogP contribution in [-0.4, -0.2) is 7.11 Å². The molecule has 0 amide bonds. The Balaban J connectivity index is 1.71. The fourth-order valence-electron chi connectivity index (χ4n) is 2.61.